The molecule has 1 aromatic heterocycles. The molecule has 0 N–H and O–H groups in total. The molecule has 7 aromatic rings. The van der Waals surface area contributed by atoms with Crippen LogP contribution in [0.25, 0.3) is 33.1 Å². The second kappa shape index (κ2) is 10.8. The average molecular weight is 710 g/mol. The van der Waals surface area contributed by atoms with Crippen molar-refractivity contribution >= 4 is 68.1 Å². The van der Waals surface area contributed by atoms with Gasteiger partial charge in [0.2, 0.25) is 0 Å². The Kier molecular flexibility index (Phi) is 6.02. The van der Waals surface area contributed by atoms with E-state index in [1.54, 1.807) is 0 Å². The van der Waals surface area contributed by atoms with Gasteiger partial charge in [-0.1, -0.05) is 111 Å². The van der Waals surface area contributed by atoms with Crippen molar-refractivity contribution in [1.82, 2.24) is 0 Å². The summed E-state index contributed by atoms with van der Waals surface area (Å²) in [5.74, 6) is 1.52. The van der Waals surface area contributed by atoms with Gasteiger partial charge in [-0.3, -0.25) is 0 Å². The van der Waals surface area contributed by atoms with E-state index in [4.69, 9.17) is 13.3 Å². The zero-order valence-corrected chi connectivity index (χ0v) is 32.6. The number of nitrogens with zero attached hydrogens (tertiary/aromatic N) is 2. The standard InChI is InChI=1S/C49H47BN2O2/c1-28-21-35-36-23-31(49(8,9)10)25-44-46(36)52(39-27-42-34(26-43(39)54-44)33-13-11-12-14-41(33)53-42)50-37-20-17-30(48(5,6)7)24-38(37)51(40(22-28)45(35)50)32-18-15-29(16-19-32)47(2,3)4/h11-27H,1-10H3/i1D3. The van der Waals surface area contributed by atoms with E-state index in [-0.39, 0.29) is 23.1 Å². The van der Waals surface area contributed by atoms with E-state index >= 15 is 0 Å². The van der Waals surface area contributed by atoms with Gasteiger partial charge in [-0.05, 0) is 110 Å². The van der Waals surface area contributed by atoms with Crippen LogP contribution in [0.4, 0.5) is 28.4 Å². The summed E-state index contributed by atoms with van der Waals surface area (Å²) in [5, 5.41) is 2.05. The molecule has 4 heterocycles. The number of rotatable bonds is 1. The molecule has 0 spiro atoms. The third-order valence-electron chi connectivity index (χ3n) is 11.8. The van der Waals surface area contributed by atoms with Crippen molar-refractivity contribution in [3.05, 3.63) is 125 Å². The molecule has 0 aliphatic carbocycles. The van der Waals surface area contributed by atoms with Crippen LogP contribution in [0.1, 0.15) is 88.7 Å². The van der Waals surface area contributed by atoms with Gasteiger partial charge in [-0.25, -0.2) is 0 Å². The second-order valence-corrected chi connectivity index (χ2v) is 18.5. The summed E-state index contributed by atoms with van der Waals surface area (Å²) < 4.78 is 39.9. The van der Waals surface area contributed by atoms with E-state index in [0.717, 1.165) is 89.5 Å². The molecule has 3 aliphatic heterocycles. The Hall–Kier alpha value is -5.42. The highest BCUT2D eigenvalue weighted by molar-refractivity contribution is 6.93. The summed E-state index contributed by atoms with van der Waals surface area (Å²) in [4.78, 5) is 4.75. The Bertz CT molecular complexity index is 2830. The van der Waals surface area contributed by atoms with Crippen LogP contribution < -0.4 is 25.4 Å². The van der Waals surface area contributed by atoms with Gasteiger partial charge in [0, 0.05) is 43.6 Å². The lowest BCUT2D eigenvalue weighted by atomic mass is 9.43. The fourth-order valence-corrected chi connectivity index (χ4v) is 8.80. The van der Waals surface area contributed by atoms with Crippen molar-refractivity contribution in [3.63, 3.8) is 0 Å². The molecular formula is C49H47BN2O2. The van der Waals surface area contributed by atoms with Crippen LogP contribution in [0.15, 0.2) is 108 Å². The maximum atomic E-state index is 8.80. The molecule has 54 heavy (non-hydrogen) atoms. The van der Waals surface area contributed by atoms with E-state index < -0.39 is 6.85 Å². The van der Waals surface area contributed by atoms with E-state index in [2.05, 4.69) is 145 Å². The quantitative estimate of drug-likeness (QED) is 0.159. The summed E-state index contributed by atoms with van der Waals surface area (Å²) in [7, 11) is 0. The molecule has 0 saturated carbocycles. The lowest BCUT2D eigenvalue weighted by Crippen LogP contribution is -2.62. The molecule has 268 valence electrons. The normalized spacial score (nSPS) is 15.6. The van der Waals surface area contributed by atoms with Gasteiger partial charge in [0.05, 0.1) is 11.4 Å². The van der Waals surface area contributed by atoms with Crippen molar-refractivity contribution in [1.29, 1.82) is 0 Å². The molecule has 0 unspecified atom stereocenters. The first kappa shape index (κ1) is 30.0. The number of aryl methyl sites for hydroxylation is 1. The molecule has 10 rings (SSSR count). The van der Waals surface area contributed by atoms with Gasteiger partial charge in [0.1, 0.15) is 11.2 Å². The average Bonchev–Trinajstić information content (AvgIpc) is 3.50. The number of hydrogen-bond acceptors (Lipinski definition) is 4. The topological polar surface area (TPSA) is 28.9 Å². The van der Waals surface area contributed by atoms with Crippen LogP contribution in [0.3, 0.4) is 0 Å². The van der Waals surface area contributed by atoms with Gasteiger partial charge in [-0.2, -0.15) is 0 Å². The number of hydrogen-bond donors (Lipinski definition) is 0. The predicted molar refractivity (Wildman–Crippen MR) is 228 cm³/mol. The summed E-state index contributed by atoms with van der Waals surface area (Å²) in [6, 6.07) is 36.4. The monoisotopic (exact) mass is 709 g/mol. The predicted octanol–water partition coefficient (Wildman–Crippen LogP) is 12.6. The Labute approximate surface area is 323 Å². The highest BCUT2D eigenvalue weighted by atomic mass is 16.5. The van der Waals surface area contributed by atoms with Crippen LogP contribution in [-0.2, 0) is 16.2 Å². The first-order valence-corrected chi connectivity index (χ1v) is 19.1. The van der Waals surface area contributed by atoms with Gasteiger partial charge in [0.25, 0.3) is 0 Å². The minimum atomic E-state index is -2.34. The van der Waals surface area contributed by atoms with Gasteiger partial charge in [0.15, 0.2) is 11.5 Å². The van der Waals surface area contributed by atoms with Crippen molar-refractivity contribution in [3.8, 4) is 22.6 Å². The molecule has 3 aliphatic rings. The van der Waals surface area contributed by atoms with Gasteiger partial charge in [-0.15, -0.1) is 0 Å². The third-order valence-corrected chi connectivity index (χ3v) is 11.8. The first-order valence-electron chi connectivity index (χ1n) is 20.6. The molecule has 0 atom stereocenters. The number of para-hydroxylation sites is 1. The summed E-state index contributed by atoms with van der Waals surface area (Å²) in [6.07, 6.45) is 0. The molecule has 0 bridgehead atoms. The molecule has 0 saturated heterocycles. The highest BCUT2D eigenvalue weighted by Gasteiger charge is 2.49. The molecule has 5 heteroatoms. The zero-order valence-electron chi connectivity index (χ0n) is 35.6. The van der Waals surface area contributed by atoms with Crippen LogP contribution in [-0.4, -0.2) is 6.85 Å². The maximum absolute atomic E-state index is 8.80. The molecule has 0 amide bonds. The number of ether oxygens (including phenoxy) is 1. The number of anilines is 5. The largest absolute Gasteiger partial charge is 0.456 e. The van der Waals surface area contributed by atoms with E-state index in [1.165, 1.54) is 11.1 Å². The zero-order chi connectivity index (χ0) is 40.1. The van der Waals surface area contributed by atoms with Crippen LogP contribution in [0.5, 0.6) is 11.5 Å². The van der Waals surface area contributed by atoms with E-state index in [1.807, 2.05) is 30.3 Å². The van der Waals surface area contributed by atoms with E-state index in [9.17, 15) is 0 Å². The van der Waals surface area contributed by atoms with Gasteiger partial charge < -0.3 is 18.9 Å². The van der Waals surface area contributed by atoms with Crippen molar-refractivity contribution in [2.75, 3.05) is 9.71 Å². The minimum Gasteiger partial charge on any atom is -0.456 e. The second-order valence-electron chi connectivity index (χ2n) is 18.5. The van der Waals surface area contributed by atoms with Gasteiger partial charge >= 0.3 is 6.85 Å². The fourth-order valence-electron chi connectivity index (χ4n) is 8.80. The SMILES string of the molecule is [2H]C([2H])([2H])c1cc2c3c(c1)N(c1ccc(C(C)(C)C)cc1)c1cc(C(C)(C)C)ccc1B3N1c3cc4oc5ccccc5c4cc3Oc3cc(C(C)(C)C)cc-2c31. The maximum Gasteiger partial charge on any atom is 0.333 e. The molecular weight excluding hydrogens is 659 g/mol. The number of benzene rings is 6. The number of fused-ring (bicyclic) bond motifs is 9. The Balaban J connectivity index is 1.34. The van der Waals surface area contributed by atoms with Crippen molar-refractivity contribution in [2.24, 2.45) is 0 Å². The summed E-state index contributed by atoms with van der Waals surface area (Å²) in [5.41, 5.74) is 13.9. The molecule has 4 nitrogen and oxygen atoms in total. The molecule has 0 fully saturated rings. The first-order chi connectivity index (χ1) is 26.8. The smallest absolute Gasteiger partial charge is 0.333 e. The summed E-state index contributed by atoms with van der Waals surface area (Å²) in [6.45, 7) is 17.4. The molecule has 0 radical (unpaired) electrons. The lowest BCUT2D eigenvalue weighted by Gasteiger charge is -2.48. The minimum absolute atomic E-state index is 0.0235. The van der Waals surface area contributed by atoms with Crippen molar-refractivity contribution in [2.45, 2.75) is 85.4 Å². The van der Waals surface area contributed by atoms with Crippen LogP contribution in [0, 0.1) is 6.85 Å². The lowest BCUT2D eigenvalue weighted by molar-refractivity contribution is 0.475. The summed E-state index contributed by atoms with van der Waals surface area (Å²) >= 11 is 0. The fraction of sp³-hybridized carbons (Fsp3) is 0.265. The third kappa shape index (κ3) is 4.76. The number of furan rings is 1. The Morgan fingerprint density at radius 1 is 0.574 bits per heavy atom. The molecule has 6 aromatic carbocycles. The Morgan fingerprint density at radius 2 is 1.30 bits per heavy atom. The highest BCUT2D eigenvalue weighted by Crippen LogP contribution is 2.57. The van der Waals surface area contributed by atoms with Crippen LogP contribution >= 0.6 is 0 Å². The van der Waals surface area contributed by atoms with Crippen molar-refractivity contribution < 1.29 is 13.3 Å². The van der Waals surface area contributed by atoms with Crippen LogP contribution in [0.2, 0.25) is 0 Å². The van der Waals surface area contributed by atoms with E-state index in [0.29, 0.717) is 5.56 Å². The Morgan fingerprint density at radius 3 is 2.02 bits per heavy atom.